The zero-order valence-corrected chi connectivity index (χ0v) is 28.8. The van der Waals surface area contributed by atoms with Gasteiger partial charge in [-0.15, -0.1) is 0 Å². The number of esters is 2. The molecular weight excluding hydrogens is 625 g/mol. The summed E-state index contributed by atoms with van der Waals surface area (Å²) in [6.07, 6.45) is 10.9. The van der Waals surface area contributed by atoms with Crippen LogP contribution in [0.2, 0.25) is 0 Å². The maximum atomic E-state index is 11.8. The summed E-state index contributed by atoms with van der Waals surface area (Å²) in [6, 6.07) is 16.5. The number of benzene rings is 2. The van der Waals surface area contributed by atoms with Crippen molar-refractivity contribution in [1.29, 1.82) is 0 Å². The molecule has 0 heterocycles. The fourth-order valence-corrected chi connectivity index (χ4v) is 5.96. The molecule has 252 valence electrons. The van der Waals surface area contributed by atoms with E-state index in [1.807, 2.05) is 36.8 Å². The summed E-state index contributed by atoms with van der Waals surface area (Å²) < 4.78 is 34.2. The molecule has 2 aromatic rings. The van der Waals surface area contributed by atoms with E-state index in [1.54, 1.807) is 23.5 Å². The van der Waals surface area contributed by atoms with Gasteiger partial charge in [0.15, 0.2) is 12.2 Å². The highest BCUT2D eigenvalue weighted by Gasteiger charge is 2.35. The summed E-state index contributed by atoms with van der Waals surface area (Å²) in [5, 5.41) is 0. The van der Waals surface area contributed by atoms with Crippen LogP contribution in [0.1, 0.15) is 43.2 Å². The molecule has 0 N–H and O–H groups in total. The number of carbonyl (C=O) groups excluding carboxylic acids is 2. The maximum Gasteiger partial charge on any atom is 0.330 e. The molecule has 0 spiro atoms. The Morgan fingerprint density at radius 2 is 1.11 bits per heavy atom. The molecule has 2 unspecified atom stereocenters. The van der Waals surface area contributed by atoms with E-state index in [9.17, 15) is 9.59 Å². The fourth-order valence-electron chi connectivity index (χ4n) is 5.39. The fraction of sp³-hybridized carbons (Fsp3) is 0.500. The van der Waals surface area contributed by atoms with Gasteiger partial charge in [-0.3, -0.25) is 0 Å². The summed E-state index contributed by atoms with van der Waals surface area (Å²) >= 11 is 3.39. The molecule has 3 rings (SSSR count). The number of hydrogen-bond donors (Lipinski definition) is 0. The van der Waals surface area contributed by atoms with E-state index in [1.165, 1.54) is 17.5 Å². The molecule has 1 saturated carbocycles. The minimum atomic E-state index is -0.533. The number of carbonyl (C=O) groups is 2. The first-order valence-corrected chi connectivity index (χ1v) is 18.5. The zero-order chi connectivity index (χ0) is 33.0. The summed E-state index contributed by atoms with van der Waals surface area (Å²) in [5.41, 5.74) is 2.36. The van der Waals surface area contributed by atoms with E-state index in [4.69, 9.17) is 28.4 Å². The molecule has 10 heteroatoms. The van der Waals surface area contributed by atoms with E-state index < -0.39 is 24.1 Å². The van der Waals surface area contributed by atoms with Crippen LogP contribution in [-0.2, 0) is 34.0 Å². The molecule has 1 aliphatic carbocycles. The molecule has 1 aliphatic rings. The van der Waals surface area contributed by atoms with Crippen molar-refractivity contribution in [2.24, 2.45) is 0 Å². The Hall–Kier alpha value is -2.92. The highest BCUT2D eigenvalue weighted by atomic mass is 32.2. The Kier molecular flexibility index (Phi) is 17.2. The van der Waals surface area contributed by atoms with E-state index in [2.05, 4.69) is 37.4 Å². The van der Waals surface area contributed by atoms with Crippen molar-refractivity contribution in [3.63, 3.8) is 0 Å². The van der Waals surface area contributed by atoms with Gasteiger partial charge in [-0.1, -0.05) is 56.7 Å². The second-order valence-corrected chi connectivity index (χ2v) is 12.9. The minimum Gasteiger partial charge on any atom is -0.490 e. The van der Waals surface area contributed by atoms with E-state index in [0.29, 0.717) is 24.7 Å². The van der Waals surface area contributed by atoms with Crippen molar-refractivity contribution < 1.29 is 38.0 Å². The third-order valence-electron chi connectivity index (χ3n) is 7.76. The third kappa shape index (κ3) is 12.4. The van der Waals surface area contributed by atoms with Gasteiger partial charge in [-0.25, -0.2) is 9.59 Å². The molecular formula is C36H48O8S2. The van der Waals surface area contributed by atoms with Crippen LogP contribution in [0, 0.1) is 0 Å². The van der Waals surface area contributed by atoms with Crippen molar-refractivity contribution in [2.45, 2.75) is 49.7 Å². The first kappa shape index (κ1) is 37.5. The molecule has 8 nitrogen and oxygen atoms in total. The van der Waals surface area contributed by atoms with Crippen LogP contribution in [0.25, 0.3) is 0 Å². The lowest BCUT2D eigenvalue weighted by molar-refractivity contribution is -0.148. The lowest BCUT2D eigenvalue weighted by atomic mass is 9.65. The molecule has 0 saturated heterocycles. The zero-order valence-electron chi connectivity index (χ0n) is 27.1. The quantitative estimate of drug-likeness (QED) is 0.0770. The third-order valence-corrected chi connectivity index (χ3v) is 8.91. The minimum absolute atomic E-state index is 0.115. The van der Waals surface area contributed by atoms with E-state index in [0.717, 1.165) is 49.3 Å². The largest absolute Gasteiger partial charge is 0.490 e. The van der Waals surface area contributed by atoms with Crippen molar-refractivity contribution in [1.82, 2.24) is 0 Å². The summed E-state index contributed by atoms with van der Waals surface area (Å²) in [5.74, 6) is 2.13. The highest BCUT2D eigenvalue weighted by molar-refractivity contribution is 7.98. The molecule has 2 atom stereocenters. The van der Waals surface area contributed by atoms with Crippen LogP contribution in [0.5, 0.6) is 11.5 Å². The molecule has 0 bridgehead atoms. The number of thioether (sulfide) groups is 2. The molecule has 0 aromatic heterocycles. The van der Waals surface area contributed by atoms with Crippen molar-refractivity contribution >= 4 is 35.5 Å². The van der Waals surface area contributed by atoms with Gasteiger partial charge in [-0.2, -0.15) is 23.5 Å². The molecule has 0 aliphatic heterocycles. The Balaban J connectivity index is 1.66. The lowest BCUT2D eigenvalue weighted by Gasteiger charge is -2.39. The van der Waals surface area contributed by atoms with Gasteiger partial charge in [0, 0.05) is 29.1 Å². The average Bonchev–Trinajstić information content (AvgIpc) is 3.10. The first-order chi connectivity index (χ1) is 22.4. The van der Waals surface area contributed by atoms with Gasteiger partial charge in [0.05, 0.1) is 26.4 Å². The smallest absolute Gasteiger partial charge is 0.330 e. The van der Waals surface area contributed by atoms with Gasteiger partial charge >= 0.3 is 11.9 Å². The standard InChI is InChI=1S/C36H48O8S2/c1-5-34(37)43-32(24-39-20-22-45-3)26-41-30-14-10-28(11-15-30)36(18-8-7-9-19-36)29-12-16-31(17-13-29)42-27-33(44-35(38)6-2)25-40-21-23-46-4/h5-6,10-17,32-33H,1-2,7-9,18-27H2,3-4H3. The monoisotopic (exact) mass is 672 g/mol. The average molecular weight is 673 g/mol. The van der Waals surface area contributed by atoms with Gasteiger partial charge < -0.3 is 28.4 Å². The second kappa shape index (κ2) is 21.1. The Morgan fingerprint density at radius 3 is 1.48 bits per heavy atom. The van der Waals surface area contributed by atoms with Crippen LogP contribution < -0.4 is 9.47 Å². The molecule has 0 radical (unpaired) electrons. The van der Waals surface area contributed by atoms with Gasteiger partial charge in [-0.05, 0) is 60.7 Å². The summed E-state index contributed by atoms with van der Waals surface area (Å²) in [7, 11) is 0. The predicted octanol–water partition coefficient (Wildman–Crippen LogP) is 6.65. The van der Waals surface area contributed by atoms with Crippen molar-refractivity contribution in [3.05, 3.63) is 85.0 Å². The lowest BCUT2D eigenvalue weighted by Crippen LogP contribution is -2.31. The van der Waals surface area contributed by atoms with E-state index >= 15 is 0 Å². The Bertz CT molecular complexity index is 1110. The summed E-state index contributed by atoms with van der Waals surface area (Å²) in [4.78, 5) is 23.6. The normalized spacial score (nSPS) is 15.3. The predicted molar refractivity (Wildman–Crippen MR) is 186 cm³/mol. The molecule has 0 amide bonds. The first-order valence-electron chi connectivity index (χ1n) is 15.7. The highest BCUT2D eigenvalue weighted by Crippen LogP contribution is 2.45. The Labute approximate surface area is 282 Å². The van der Waals surface area contributed by atoms with Gasteiger partial charge in [0.1, 0.15) is 24.7 Å². The number of rotatable bonds is 22. The van der Waals surface area contributed by atoms with Crippen LogP contribution >= 0.6 is 23.5 Å². The van der Waals surface area contributed by atoms with Crippen molar-refractivity contribution in [3.8, 4) is 11.5 Å². The van der Waals surface area contributed by atoms with E-state index in [-0.39, 0.29) is 31.8 Å². The molecule has 2 aromatic carbocycles. The topological polar surface area (TPSA) is 89.5 Å². The Morgan fingerprint density at radius 1 is 0.696 bits per heavy atom. The van der Waals surface area contributed by atoms with Crippen LogP contribution in [0.3, 0.4) is 0 Å². The maximum absolute atomic E-state index is 11.8. The summed E-state index contributed by atoms with van der Waals surface area (Å²) in [6.45, 7) is 9.00. The van der Waals surface area contributed by atoms with Gasteiger partial charge in [0.25, 0.3) is 0 Å². The molecule has 1 fully saturated rings. The SMILES string of the molecule is C=CC(=O)OC(COCCSC)COc1ccc(C2(c3ccc(OCC(COCCSC)OC(=O)C=C)cc3)CCCCC2)cc1. The van der Waals surface area contributed by atoms with Crippen molar-refractivity contribution in [2.75, 3.05) is 63.7 Å². The second-order valence-electron chi connectivity index (χ2n) is 11.0. The number of ether oxygens (including phenoxy) is 6. The van der Waals surface area contributed by atoms with Crippen LogP contribution in [0.15, 0.2) is 73.8 Å². The van der Waals surface area contributed by atoms with Crippen LogP contribution in [0.4, 0.5) is 0 Å². The van der Waals surface area contributed by atoms with Crippen LogP contribution in [-0.4, -0.2) is 87.8 Å². The van der Waals surface area contributed by atoms with Gasteiger partial charge in [0.2, 0.25) is 0 Å². The molecule has 46 heavy (non-hydrogen) atoms. The number of hydrogen-bond acceptors (Lipinski definition) is 10.